The van der Waals surface area contributed by atoms with Crippen molar-refractivity contribution in [3.05, 3.63) is 41.7 Å². The zero-order chi connectivity index (χ0) is 23.2. The zero-order valence-corrected chi connectivity index (χ0v) is 19.3. The van der Waals surface area contributed by atoms with Gasteiger partial charge in [-0.2, -0.15) is 0 Å². The van der Waals surface area contributed by atoms with Crippen molar-refractivity contribution in [1.82, 2.24) is 0 Å². The lowest BCUT2D eigenvalue weighted by molar-refractivity contribution is -0.142. The van der Waals surface area contributed by atoms with Crippen molar-refractivity contribution in [2.24, 2.45) is 0 Å². The van der Waals surface area contributed by atoms with E-state index < -0.39 is 11.9 Å². The first-order valence-electron chi connectivity index (χ1n) is 11.2. The van der Waals surface area contributed by atoms with Crippen LogP contribution in [0.3, 0.4) is 0 Å². The van der Waals surface area contributed by atoms with E-state index in [1.165, 1.54) is 32.8 Å². The summed E-state index contributed by atoms with van der Waals surface area (Å²) < 4.78 is 10.4. The van der Waals surface area contributed by atoms with Crippen LogP contribution in [-0.2, 0) is 19.1 Å². The van der Waals surface area contributed by atoms with E-state index in [0.717, 1.165) is 37.7 Å². The summed E-state index contributed by atoms with van der Waals surface area (Å²) in [5.74, 6) is 3.46. The fourth-order valence-electron chi connectivity index (χ4n) is 2.62. The molecule has 5 nitrogen and oxygen atoms in total. The third kappa shape index (κ3) is 17.8. The van der Waals surface area contributed by atoms with Crippen LogP contribution in [0.4, 0.5) is 0 Å². The highest BCUT2D eigenvalue weighted by Crippen LogP contribution is 2.10. The summed E-state index contributed by atoms with van der Waals surface area (Å²) in [7, 11) is 1.49. The van der Waals surface area contributed by atoms with Gasteiger partial charge < -0.3 is 14.6 Å². The normalized spacial score (nSPS) is 10.2. The van der Waals surface area contributed by atoms with Gasteiger partial charge in [-0.1, -0.05) is 95.0 Å². The lowest BCUT2D eigenvalue weighted by Gasteiger charge is -2.07. The first-order valence-corrected chi connectivity index (χ1v) is 11.2. The number of methoxy groups -OCH3 is 1. The number of esters is 1. The Bertz CT molecular complexity index is 683. The van der Waals surface area contributed by atoms with E-state index in [1.54, 1.807) is 6.08 Å². The van der Waals surface area contributed by atoms with Crippen molar-refractivity contribution in [3.8, 4) is 11.8 Å². The number of rotatable bonds is 13. The molecule has 1 rings (SSSR count). The summed E-state index contributed by atoms with van der Waals surface area (Å²) in [5.41, 5.74) is 0.922. The van der Waals surface area contributed by atoms with Crippen LogP contribution in [-0.4, -0.2) is 30.8 Å². The summed E-state index contributed by atoms with van der Waals surface area (Å²) in [6, 6.07) is 9.60. The topological polar surface area (TPSA) is 72.8 Å². The predicted octanol–water partition coefficient (Wildman–Crippen LogP) is 6.23. The van der Waals surface area contributed by atoms with Gasteiger partial charge in [0.1, 0.15) is 0 Å². The van der Waals surface area contributed by atoms with Gasteiger partial charge in [0.2, 0.25) is 5.76 Å². The summed E-state index contributed by atoms with van der Waals surface area (Å²) in [5, 5.41) is 8.10. The number of unbranched alkanes of at least 4 members (excludes halogenated alkanes) is 8. The molecule has 0 aromatic heterocycles. The molecule has 0 saturated carbocycles. The highest BCUT2D eigenvalue weighted by atomic mass is 16.6. The average molecular weight is 431 g/mol. The minimum atomic E-state index is -1.03. The second kappa shape index (κ2) is 20.5. The molecule has 0 atom stereocenters. The molecule has 0 aliphatic carbocycles. The van der Waals surface area contributed by atoms with E-state index in [4.69, 9.17) is 14.6 Å². The Balaban J connectivity index is 0.000000759. The standard InChI is InChI=1S/C18H26O3.C8H12O2/c1-3-4-5-6-7-11-14-21-18(19)17(20-2)15-16-12-9-8-10-13-16;1-2-3-4-5-6-7-8(9)10/h8-10,12-13,15H,3-7,11,14H2,1-2H3;2-5H2,1H3,(H,9,10). The molecule has 0 heterocycles. The number of carbonyl (C=O) groups excluding carboxylic acids is 1. The van der Waals surface area contributed by atoms with Crippen LogP contribution in [0.25, 0.3) is 6.08 Å². The van der Waals surface area contributed by atoms with Crippen LogP contribution in [0, 0.1) is 11.8 Å². The maximum atomic E-state index is 11.9. The smallest absolute Gasteiger partial charge is 0.381 e. The molecule has 0 fully saturated rings. The van der Waals surface area contributed by atoms with E-state index >= 15 is 0 Å². The van der Waals surface area contributed by atoms with Gasteiger partial charge in [-0.05, 0) is 24.5 Å². The van der Waals surface area contributed by atoms with Crippen LogP contribution in [0.1, 0.15) is 83.6 Å². The molecule has 0 spiro atoms. The van der Waals surface area contributed by atoms with Gasteiger partial charge in [-0.25, -0.2) is 9.59 Å². The van der Waals surface area contributed by atoms with Gasteiger partial charge in [0.05, 0.1) is 13.7 Å². The Morgan fingerprint density at radius 3 is 2.16 bits per heavy atom. The van der Waals surface area contributed by atoms with Crippen LogP contribution >= 0.6 is 0 Å². The molecule has 5 heteroatoms. The molecule has 172 valence electrons. The average Bonchev–Trinajstić information content (AvgIpc) is 2.77. The molecule has 0 aliphatic heterocycles. The first kappa shape index (κ1) is 28.3. The van der Waals surface area contributed by atoms with Crippen LogP contribution in [0.2, 0.25) is 0 Å². The predicted molar refractivity (Wildman–Crippen MR) is 125 cm³/mol. The Morgan fingerprint density at radius 1 is 0.935 bits per heavy atom. The minimum Gasteiger partial charge on any atom is -0.490 e. The van der Waals surface area contributed by atoms with Crippen molar-refractivity contribution < 1.29 is 24.2 Å². The van der Waals surface area contributed by atoms with Gasteiger partial charge in [0.25, 0.3) is 0 Å². The molecule has 0 radical (unpaired) electrons. The Labute approximate surface area is 187 Å². The minimum absolute atomic E-state index is 0.243. The molecular weight excluding hydrogens is 392 g/mol. The third-order valence-corrected chi connectivity index (χ3v) is 4.35. The van der Waals surface area contributed by atoms with Gasteiger partial charge in [0, 0.05) is 12.3 Å². The fraction of sp³-hybridized carbons (Fsp3) is 0.538. The lowest BCUT2D eigenvalue weighted by atomic mass is 10.1. The largest absolute Gasteiger partial charge is 0.490 e. The van der Waals surface area contributed by atoms with Crippen LogP contribution < -0.4 is 0 Å². The number of hydrogen-bond donors (Lipinski definition) is 1. The van der Waals surface area contributed by atoms with Crippen molar-refractivity contribution >= 4 is 18.0 Å². The van der Waals surface area contributed by atoms with Crippen molar-refractivity contribution in [3.63, 3.8) is 0 Å². The Hall–Kier alpha value is -2.74. The Kier molecular flexibility index (Phi) is 18.7. The second-order valence-corrected chi connectivity index (χ2v) is 7.09. The van der Waals surface area contributed by atoms with E-state index in [0.29, 0.717) is 13.0 Å². The molecule has 0 saturated heterocycles. The van der Waals surface area contributed by atoms with Crippen LogP contribution in [0.5, 0.6) is 0 Å². The van der Waals surface area contributed by atoms with Crippen molar-refractivity contribution in [2.45, 2.75) is 78.1 Å². The van der Waals surface area contributed by atoms with Crippen molar-refractivity contribution in [1.29, 1.82) is 0 Å². The van der Waals surface area contributed by atoms with E-state index in [9.17, 15) is 9.59 Å². The quantitative estimate of drug-likeness (QED) is 0.132. The van der Waals surface area contributed by atoms with Gasteiger partial charge in [-0.3, -0.25) is 0 Å². The Morgan fingerprint density at radius 2 is 1.55 bits per heavy atom. The van der Waals surface area contributed by atoms with Crippen LogP contribution in [0.15, 0.2) is 36.1 Å². The third-order valence-electron chi connectivity index (χ3n) is 4.35. The molecule has 0 unspecified atom stereocenters. The van der Waals surface area contributed by atoms with Gasteiger partial charge >= 0.3 is 11.9 Å². The SMILES string of the molecule is CCCCCC#CC(=O)O.CCCCCCCCOC(=O)C(=Cc1ccccc1)OC. The number of aliphatic carboxylic acids is 1. The van der Waals surface area contributed by atoms with Gasteiger partial charge in [-0.15, -0.1) is 0 Å². The molecule has 0 aliphatic rings. The molecular formula is C26H38O5. The van der Waals surface area contributed by atoms with E-state index in [-0.39, 0.29) is 5.76 Å². The number of hydrogen-bond acceptors (Lipinski definition) is 4. The summed E-state index contributed by atoms with van der Waals surface area (Å²) in [4.78, 5) is 21.8. The number of benzene rings is 1. The van der Waals surface area contributed by atoms with E-state index in [1.807, 2.05) is 30.3 Å². The number of ether oxygens (including phenoxy) is 2. The highest BCUT2D eigenvalue weighted by Gasteiger charge is 2.11. The molecule has 1 N–H and O–H groups in total. The summed E-state index contributed by atoms with van der Waals surface area (Å²) >= 11 is 0. The molecule has 0 bridgehead atoms. The van der Waals surface area contributed by atoms with Crippen molar-refractivity contribution in [2.75, 3.05) is 13.7 Å². The number of carboxylic acids is 1. The number of carboxylic acid groups (broad SMARTS) is 1. The second-order valence-electron chi connectivity index (χ2n) is 7.09. The summed E-state index contributed by atoms with van der Waals surface area (Å²) in [6.07, 6.45) is 12.7. The summed E-state index contributed by atoms with van der Waals surface area (Å²) in [6.45, 7) is 4.76. The monoisotopic (exact) mass is 430 g/mol. The van der Waals surface area contributed by atoms with E-state index in [2.05, 4.69) is 25.7 Å². The maximum Gasteiger partial charge on any atom is 0.381 e. The highest BCUT2D eigenvalue weighted by molar-refractivity contribution is 5.91. The lowest BCUT2D eigenvalue weighted by Crippen LogP contribution is -2.10. The first-order chi connectivity index (χ1) is 15.0. The molecule has 1 aromatic rings. The zero-order valence-electron chi connectivity index (χ0n) is 19.3. The molecule has 0 amide bonds. The molecule has 1 aromatic carbocycles. The maximum absolute atomic E-state index is 11.9. The fourth-order valence-corrected chi connectivity index (χ4v) is 2.62. The number of carbonyl (C=O) groups is 2. The van der Waals surface area contributed by atoms with Gasteiger partial charge in [0.15, 0.2) is 0 Å². The molecule has 31 heavy (non-hydrogen) atoms.